The minimum atomic E-state index is -0.231. The van der Waals surface area contributed by atoms with Crippen molar-refractivity contribution in [2.45, 2.75) is 6.61 Å². The number of hydrogen-bond acceptors (Lipinski definition) is 3. The molecule has 0 saturated heterocycles. The van der Waals surface area contributed by atoms with Crippen molar-refractivity contribution in [2.75, 3.05) is 12.4 Å². The number of anilines is 1. The number of ether oxygens (including phenoxy) is 2. The van der Waals surface area contributed by atoms with Crippen molar-refractivity contribution in [1.29, 1.82) is 0 Å². The van der Waals surface area contributed by atoms with Crippen LogP contribution in [0.25, 0.3) is 6.08 Å². The van der Waals surface area contributed by atoms with Gasteiger partial charge in [-0.15, -0.1) is 0 Å². The first-order chi connectivity index (χ1) is 13.6. The zero-order chi connectivity index (χ0) is 19.8. The van der Waals surface area contributed by atoms with Gasteiger partial charge in [-0.3, -0.25) is 4.79 Å². The molecule has 4 nitrogen and oxygen atoms in total. The van der Waals surface area contributed by atoms with Gasteiger partial charge in [-0.25, -0.2) is 0 Å². The maximum absolute atomic E-state index is 12.1. The van der Waals surface area contributed by atoms with Crippen LogP contribution in [-0.2, 0) is 11.4 Å². The minimum absolute atomic E-state index is 0.231. The summed E-state index contributed by atoms with van der Waals surface area (Å²) in [5, 5.41) is 3.40. The van der Waals surface area contributed by atoms with E-state index in [0.29, 0.717) is 28.8 Å². The molecule has 28 heavy (non-hydrogen) atoms. The molecule has 142 valence electrons. The molecular formula is C23H20ClNO3. The number of nitrogens with one attached hydrogen (secondary N) is 1. The van der Waals surface area contributed by atoms with Crippen LogP contribution in [0.2, 0.25) is 5.02 Å². The van der Waals surface area contributed by atoms with E-state index in [-0.39, 0.29) is 5.91 Å². The Kier molecular flexibility index (Phi) is 6.71. The Morgan fingerprint density at radius 1 is 1.00 bits per heavy atom. The Labute approximate surface area is 169 Å². The number of hydrogen-bond donors (Lipinski definition) is 1. The molecule has 0 aromatic heterocycles. The van der Waals surface area contributed by atoms with Crippen LogP contribution in [0.4, 0.5) is 5.69 Å². The highest BCUT2D eigenvalue weighted by atomic mass is 35.5. The minimum Gasteiger partial charge on any atom is -0.493 e. The monoisotopic (exact) mass is 393 g/mol. The van der Waals surface area contributed by atoms with E-state index in [9.17, 15) is 4.79 Å². The lowest BCUT2D eigenvalue weighted by atomic mass is 10.2. The second-order valence-electron chi connectivity index (χ2n) is 6.01. The summed E-state index contributed by atoms with van der Waals surface area (Å²) in [6.07, 6.45) is 3.18. The Balaban J connectivity index is 1.63. The number of halogens is 1. The van der Waals surface area contributed by atoms with Crippen molar-refractivity contribution in [1.82, 2.24) is 0 Å². The molecule has 3 aromatic rings. The number of benzene rings is 3. The van der Waals surface area contributed by atoms with Crippen LogP contribution in [0.3, 0.4) is 0 Å². The fourth-order valence-electron chi connectivity index (χ4n) is 2.53. The molecule has 3 aromatic carbocycles. The molecule has 3 rings (SSSR count). The van der Waals surface area contributed by atoms with Crippen LogP contribution < -0.4 is 14.8 Å². The van der Waals surface area contributed by atoms with E-state index in [1.54, 1.807) is 37.5 Å². The second kappa shape index (κ2) is 9.62. The zero-order valence-electron chi connectivity index (χ0n) is 15.4. The van der Waals surface area contributed by atoms with Crippen molar-refractivity contribution < 1.29 is 14.3 Å². The third-order valence-corrected chi connectivity index (χ3v) is 4.22. The van der Waals surface area contributed by atoms with Gasteiger partial charge in [0.15, 0.2) is 11.5 Å². The second-order valence-corrected chi connectivity index (χ2v) is 6.45. The van der Waals surface area contributed by atoms with Crippen LogP contribution >= 0.6 is 11.6 Å². The lowest BCUT2D eigenvalue weighted by Crippen LogP contribution is -2.07. The predicted molar refractivity (Wildman–Crippen MR) is 113 cm³/mol. The Hall–Kier alpha value is -3.24. The fraction of sp³-hybridized carbons (Fsp3) is 0.0870. The summed E-state index contributed by atoms with van der Waals surface area (Å²) in [4.78, 5) is 12.1. The molecule has 0 aliphatic rings. The van der Waals surface area contributed by atoms with E-state index in [4.69, 9.17) is 21.1 Å². The number of amides is 1. The highest BCUT2D eigenvalue weighted by Gasteiger charge is 2.06. The first-order valence-electron chi connectivity index (χ1n) is 8.73. The fourth-order valence-corrected chi connectivity index (χ4v) is 2.66. The molecule has 0 fully saturated rings. The molecule has 0 unspecified atom stereocenters. The molecule has 1 N–H and O–H groups in total. The first-order valence-corrected chi connectivity index (χ1v) is 9.11. The average molecular weight is 394 g/mol. The lowest BCUT2D eigenvalue weighted by Gasteiger charge is -2.11. The van der Waals surface area contributed by atoms with Crippen molar-refractivity contribution in [3.8, 4) is 11.5 Å². The van der Waals surface area contributed by atoms with E-state index in [1.807, 2.05) is 48.5 Å². The summed E-state index contributed by atoms with van der Waals surface area (Å²) >= 11 is 5.84. The van der Waals surface area contributed by atoms with E-state index >= 15 is 0 Å². The largest absolute Gasteiger partial charge is 0.493 e. The molecular weight excluding hydrogens is 374 g/mol. The molecule has 0 bridgehead atoms. The quantitative estimate of drug-likeness (QED) is 0.533. The van der Waals surface area contributed by atoms with Crippen LogP contribution in [0.5, 0.6) is 11.5 Å². The van der Waals surface area contributed by atoms with Crippen molar-refractivity contribution >= 4 is 29.3 Å². The number of rotatable bonds is 7. The lowest BCUT2D eigenvalue weighted by molar-refractivity contribution is -0.111. The smallest absolute Gasteiger partial charge is 0.248 e. The van der Waals surface area contributed by atoms with Crippen molar-refractivity contribution in [2.24, 2.45) is 0 Å². The van der Waals surface area contributed by atoms with E-state index in [2.05, 4.69) is 5.32 Å². The normalized spacial score (nSPS) is 10.6. The standard InChI is InChI=1S/C23H20ClNO3/c1-27-22-15-17(7-13-21(22)28-16-18-5-3-2-4-6-18)8-14-23(26)25-20-11-9-19(24)10-12-20/h2-15H,16H2,1H3,(H,25,26). The van der Waals surface area contributed by atoms with Gasteiger partial charge in [0.25, 0.3) is 0 Å². The number of carbonyl (C=O) groups is 1. The third-order valence-electron chi connectivity index (χ3n) is 3.96. The summed E-state index contributed by atoms with van der Waals surface area (Å²) < 4.78 is 11.3. The van der Waals surface area contributed by atoms with E-state index in [1.165, 1.54) is 6.08 Å². The van der Waals surface area contributed by atoms with Gasteiger partial charge in [-0.2, -0.15) is 0 Å². The molecule has 0 atom stereocenters. The highest BCUT2D eigenvalue weighted by molar-refractivity contribution is 6.30. The van der Waals surface area contributed by atoms with Gasteiger partial charge < -0.3 is 14.8 Å². The summed E-state index contributed by atoms with van der Waals surface area (Å²) in [5.41, 5.74) is 2.59. The maximum atomic E-state index is 12.1. The average Bonchev–Trinajstić information content (AvgIpc) is 2.73. The van der Waals surface area contributed by atoms with Crippen molar-refractivity contribution in [3.05, 3.63) is 95.0 Å². The molecule has 0 saturated carbocycles. The number of carbonyl (C=O) groups excluding carboxylic acids is 1. The molecule has 5 heteroatoms. The van der Waals surface area contributed by atoms with Gasteiger partial charge >= 0.3 is 0 Å². The summed E-state index contributed by atoms with van der Waals surface area (Å²) in [5.74, 6) is 1.02. The molecule has 0 radical (unpaired) electrons. The topological polar surface area (TPSA) is 47.6 Å². The number of methoxy groups -OCH3 is 1. The predicted octanol–water partition coefficient (Wildman–Crippen LogP) is 5.58. The van der Waals surface area contributed by atoms with Gasteiger partial charge in [-0.05, 0) is 53.6 Å². The molecule has 0 aliphatic carbocycles. The summed E-state index contributed by atoms with van der Waals surface area (Å²) in [6, 6.07) is 22.4. The van der Waals surface area contributed by atoms with E-state index < -0.39 is 0 Å². The first kappa shape index (κ1) is 19.5. The Bertz CT molecular complexity index is 953. The van der Waals surface area contributed by atoms with Gasteiger partial charge in [0.1, 0.15) is 6.61 Å². The van der Waals surface area contributed by atoms with Gasteiger partial charge in [-0.1, -0.05) is 48.0 Å². The van der Waals surface area contributed by atoms with Gasteiger partial charge in [0.2, 0.25) is 5.91 Å². The molecule has 1 amide bonds. The Morgan fingerprint density at radius 3 is 2.46 bits per heavy atom. The zero-order valence-corrected chi connectivity index (χ0v) is 16.1. The summed E-state index contributed by atoms with van der Waals surface area (Å²) in [6.45, 7) is 0.454. The molecule has 0 heterocycles. The van der Waals surface area contributed by atoms with Crippen molar-refractivity contribution in [3.63, 3.8) is 0 Å². The van der Waals surface area contributed by atoms with E-state index in [0.717, 1.165) is 11.1 Å². The third kappa shape index (κ3) is 5.63. The van der Waals surface area contributed by atoms with Crippen LogP contribution in [-0.4, -0.2) is 13.0 Å². The molecule has 0 aliphatic heterocycles. The molecule has 0 spiro atoms. The van der Waals surface area contributed by atoms with Gasteiger partial charge in [0, 0.05) is 16.8 Å². The maximum Gasteiger partial charge on any atom is 0.248 e. The van der Waals surface area contributed by atoms with Gasteiger partial charge in [0.05, 0.1) is 7.11 Å². The SMILES string of the molecule is COc1cc(C=CC(=O)Nc2ccc(Cl)cc2)ccc1OCc1ccccc1. The summed E-state index contributed by atoms with van der Waals surface area (Å²) in [7, 11) is 1.59. The Morgan fingerprint density at radius 2 is 1.75 bits per heavy atom. The van der Waals surface area contributed by atoms with Crippen LogP contribution in [0.1, 0.15) is 11.1 Å². The van der Waals surface area contributed by atoms with Crippen LogP contribution in [0, 0.1) is 0 Å². The highest BCUT2D eigenvalue weighted by Crippen LogP contribution is 2.29. The van der Waals surface area contributed by atoms with Crippen LogP contribution in [0.15, 0.2) is 78.9 Å².